The van der Waals surface area contributed by atoms with Gasteiger partial charge >= 0.3 is 5.43 Å². The molecular weight excluding hydrogens is 445 g/mol. The van der Waals surface area contributed by atoms with Crippen LogP contribution in [0, 0.1) is 12.7 Å². The number of benzene rings is 2. The molecule has 0 fully saturated rings. The van der Waals surface area contributed by atoms with Crippen molar-refractivity contribution in [3.05, 3.63) is 41.3 Å². The SMILES string of the molecule is COc1cnc2c(-c3nc4cc(F)c5c(c4s3)C[C@@H](COC(=O)Cl)O5)cc(C)cc2n1. The van der Waals surface area contributed by atoms with Crippen LogP contribution in [0.25, 0.3) is 31.8 Å². The molecule has 3 heterocycles. The van der Waals surface area contributed by atoms with E-state index in [0.717, 1.165) is 15.8 Å². The highest BCUT2D eigenvalue weighted by molar-refractivity contribution is 7.22. The Morgan fingerprint density at radius 3 is 2.94 bits per heavy atom. The number of hydrogen-bond acceptors (Lipinski definition) is 8. The van der Waals surface area contributed by atoms with Crippen molar-refractivity contribution in [3.63, 3.8) is 0 Å². The minimum Gasteiger partial charge on any atom is -0.483 e. The van der Waals surface area contributed by atoms with Gasteiger partial charge in [-0.05, 0) is 24.6 Å². The number of thiazole rings is 1. The first kappa shape index (κ1) is 19.9. The van der Waals surface area contributed by atoms with E-state index in [1.165, 1.54) is 17.4 Å². The van der Waals surface area contributed by atoms with Gasteiger partial charge in [-0.25, -0.2) is 24.1 Å². The van der Waals surface area contributed by atoms with Gasteiger partial charge < -0.3 is 14.2 Å². The van der Waals surface area contributed by atoms with Crippen LogP contribution < -0.4 is 9.47 Å². The highest BCUT2D eigenvalue weighted by Gasteiger charge is 2.31. The molecule has 7 nitrogen and oxygen atoms in total. The fourth-order valence-electron chi connectivity index (χ4n) is 3.70. The Morgan fingerprint density at radius 1 is 1.32 bits per heavy atom. The second-order valence-electron chi connectivity index (χ2n) is 7.12. The summed E-state index contributed by atoms with van der Waals surface area (Å²) in [6.07, 6.45) is 1.45. The van der Waals surface area contributed by atoms with Crippen molar-refractivity contribution in [2.75, 3.05) is 13.7 Å². The summed E-state index contributed by atoms with van der Waals surface area (Å²) in [6, 6.07) is 5.27. The Bertz CT molecular complexity index is 1360. The fourth-order valence-corrected chi connectivity index (χ4v) is 4.88. The van der Waals surface area contributed by atoms with E-state index < -0.39 is 17.3 Å². The maximum absolute atomic E-state index is 14.7. The lowest BCUT2D eigenvalue weighted by atomic mass is 10.1. The largest absolute Gasteiger partial charge is 0.483 e. The van der Waals surface area contributed by atoms with E-state index >= 15 is 0 Å². The van der Waals surface area contributed by atoms with Crippen LogP contribution in [0.5, 0.6) is 11.6 Å². The average molecular weight is 460 g/mol. The number of fused-ring (bicyclic) bond motifs is 4. The molecule has 1 aliphatic heterocycles. The second kappa shape index (κ2) is 7.58. The fraction of sp³-hybridized carbons (Fsp3) is 0.238. The monoisotopic (exact) mass is 459 g/mol. The van der Waals surface area contributed by atoms with Gasteiger partial charge in [-0.15, -0.1) is 11.3 Å². The van der Waals surface area contributed by atoms with E-state index in [2.05, 4.69) is 15.0 Å². The van der Waals surface area contributed by atoms with Gasteiger partial charge in [0.2, 0.25) is 5.88 Å². The van der Waals surface area contributed by atoms with Crippen LogP contribution in [0.4, 0.5) is 9.18 Å². The molecule has 158 valence electrons. The molecule has 1 aliphatic rings. The number of methoxy groups -OCH3 is 1. The molecule has 0 saturated carbocycles. The van der Waals surface area contributed by atoms with E-state index in [1.54, 1.807) is 13.3 Å². The molecule has 0 saturated heterocycles. The van der Waals surface area contributed by atoms with Gasteiger partial charge in [-0.3, -0.25) is 0 Å². The first-order valence-electron chi connectivity index (χ1n) is 9.35. The lowest BCUT2D eigenvalue weighted by molar-refractivity contribution is 0.107. The van der Waals surface area contributed by atoms with Gasteiger partial charge in [0.15, 0.2) is 11.6 Å². The molecule has 0 aliphatic carbocycles. The van der Waals surface area contributed by atoms with Crippen LogP contribution in [-0.2, 0) is 11.2 Å². The molecule has 0 radical (unpaired) electrons. The summed E-state index contributed by atoms with van der Waals surface area (Å²) in [7, 11) is 1.54. The number of halogens is 2. The normalized spacial score (nSPS) is 15.2. The van der Waals surface area contributed by atoms with E-state index in [9.17, 15) is 9.18 Å². The predicted molar refractivity (Wildman–Crippen MR) is 115 cm³/mol. The Balaban J connectivity index is 1.61. The van der Waals surface area contributed by atoms with E-state index in [4.69, 9.17) is 25.8 Å². The minimum atomic E-state index is -0.922. The molecule has 0 spiro atoms. The Morgan fingerprint density at radius 2 is 2.16 bits per heavy atom. The third-order valence-electron chi connectivity index (χ3n) is 4.99. The van der Waals surface area contributed by atoms with Crippen LogP contribution in [0.15, 0.2) is 24.4 Å². The standard InChI is InChI=1S/C21H15ClFN3O4S/c1-9-3-11(17-14(4-9)25-16(28-2)7-24-17)20-26-15-6-13(23)18-12(19(15)31-20)5-10(30-18)8-29-21(22)27/h3-4,6-7,10H,5,8H2,1-2H3/t10-/m0/s1. The average Bonchev–Trinajstić information content (AvgIpc) is 3.35. The van der Waals surface area contributed by atoms with Gasteiger partial charge in [0, 0.05) is 35.2 Å². The molecule has 4 aromatic rings. The van der Waals surface area contributed by atoms with Crippen molar-refractivity contribution in [2.24, 2.45) is 0 Å². The van der Waals surface area contributed by atoms with E-state index in [1.807, 2.05) is 19.1 Å². The van der Waals surface area contributed by atoms with Gasteiger partial charge in [-0.1, -0.05) is 0 Å². The van der Waals surface area contributed by atoms with Gasteiger partial charge in [0.25, 0.3) is 0 Å². The number of rotatable bonds is 4. The van der Waals surface area contributed by atoms with Crippen molar-refractivity contribution in [1.82, 2.24) is 15.0 Å². The van der Waals surface area contributed by atoms with Crippen molar-refractivity contribution in [3.8, 4) is 22.2 Å². The molecule has 0 N–H and O–H groups in total. The van der Waals surface area contributed by atoms with Gasteiger partial charge in [0.05, 0.1) is 34.6 Å². The third kappa shape index (κ3) is 3.53. The molecular formula is C21H15ClFN3O4S. The maximum atomic E-state index is 14.7. The Kier molecular flexibility index (Phi) is 4.86. The molecule has 0 unspecified atom stereocenters. The van der Waals surface area contributed by atoms with Crippen LogP contribution in [-0.4, -0.2) is 40.2 Å². The van der Waals surface area contributed by atoms with Crippen molar-refractivity contribution in [1.29, 1.82) is 0 Å². The van der Waals surface area contributed by atoms with Crippen molar-refractivity contribution < 1.29 is 23.4 Å². The number of ether oxygens (including phenoxy) is 3. The molecule has 0 amide bonds. The summed E-state index contributed by atoms with van der Waals surface area (Å²) in [6.45, 7) is 1.91. The molecule has 2 aromatic carbocycles. The quantitative estimate of drug-likeness (QED) is 0.395. The summed E-state index contributed by atoms with van der Waals surface area (Å²) in [5.41, 5.74) is 3.50. The summed E-state index contributed by atoms with van der Waals surface area (Å²) in [5, 5.41) is 0.701. The first-order valence-corrected chi connectivity index (χ1v) is 10.5. The topological polar surface area (TPSA) is 83.4 Å². The number of aromatic nitrogens is 3. The smallest absolute Gasteiger partial charge is 0.403 e. The minimum absolute atomic E-state index is 0.0520. The number of hydrogen-bond donors (Lipinski definition) is 0. The van der Waals surface area contributed by atoms with Gasteiger partial charge in [0.1, 0.15) is 17.7 Å². The van der Waals surface area contributed by atoms with Crippen molar-refractivity contribution in [2.45, 2.75) is 19.4 Å². The number of carbonyl (C=O) groups is 1. The van der Waals surface area contributed by atoms with E-state index in [0.29, 0.717) is 39.4 Å². The zero-order valence-corrected chi connectivity index (χ0v) is 18.0. The number of carbonyl (C=O) groups excluding carboxylic acids is 1. The summed E-state index contributed by atoms with van der Waals surface area (Å²) >= 11 is 6.66. The van der Waals surface area contributed by atoms with Gasteiger partial charge in [-0.2, -0.15) is 0 Å². The molecule has 5 rings (SSSR count). The summed E-state index contributed by atoms with van der Waals surface area (Å²) < 4.78 is 31.1. The lowest BCUT2D eigenvalue weighted by Crippen LogP contribution is -2.21. The predicted octanol–water partition coefficient (Wildman–Crippen LogP) is 5.04. The van der Waals surface area contributed by atoms with Crippen LogP contribution in [0.2, 0.25) is 0 Å². The van der Waals surface area contributed by atoms with Crippen LogP contribution in [0.3, 0.4) is 0 Å². The van der Waals surface area contributed by atoms with Crippen LogP contribution >= 0.6 is 22.9 Å². The number of nitrogens with zero attached hydrogens (tertiary/aromatic N) is 3. The Labute approximate surface area is 184 Å². The third-order valence-corrected chi connectivity index (χ3v) is 6.26. The maximum Gasteiger partial charge on any atom is 0.403 e. The molecule has 0 bridgehead atoms. The lowest BCUT2D eigenvalue weighted by Gasteiger charge is -2.09. The van der Waals surface area contributed by atoms with E-state index in [-0.39, 0.29) is 12.4 Å². The van der Waals surface area contributed by atoms with Crippen LogP contribution in [0.1, 0.15) is 11.1 Å². The van der Waals surface area contributed by atoms with Crippen molar-refractivity contribution >= 4 is 49.6 Å². The second-order valence-corrected chi connectivity index (χ2v) is 8.43. The molecule has 2 aromatic heterocycles. The molecule has 10 heteroatoms. The first-order chi connectivity index (χ1) is 14.9. The molecule has 31 heavy (non-hydrogen) atoms. The molecule has 1 atom stereocenters. The summed E-state index contributed by atoms with van der Waals surface area (Å²) in [5.74, 6) is 0.0868. The highest BCUT2D eigenvalue weighted by Crippen LogP contribution is 2.43. The summed E-state index contributed by atoms with van der Waals surface area (Å²) in [4.78, 5) is 24.5. The zero-order chi connectivity index (χ0) is 21.7. The Hall–Kier alpha value is -3.04. The zero-order valence-electron chi connectivity index (χ0n) is 16.4. The number of aryl methyl sites for hydroxylation is 1. The highest BCUT2D eigenvalue weighted by atomic mass is 35.5.